The SMILES string of the molecule is CSC(C)CCNCc1cc(F)cc([N+](=O)[O-])c1. The van der Waals surface area contributed by atoms with Crippen LogP contribution in [0.3, 0.4) is 0 Å². The Bertz CT molecular complexity index is 415. The van der Waals surface area contributed by atoms with E-state index in [2.05, 4.69) is 18.5 Å². The second kappa shape index (κ2) is 7.33. The molecule has 0 radical (unpaired) electrons. The second-order valence-electron chi connectivity index (χ2n) is 4.09. The van der Waals surface area contributed by atoms with Gasteiger partial charge in [0.15, 0.2) is 0 Å². The molecule has 1 aromatic carbocycles. The van der Waals surface area contributed by atoms with E-state index >= 15 is 0 Å². The number of hydrogen-bond acceptors (Lipinski definition) is 4. The average molecular weight is 272 g/mol. The van der Waals surface area contributed by atoms with Crippen molar-refractivity contribution in [2.24, 2.45) is 0 Å². The van der Waals surface area contributed by atoms with Crippen LogP contribution in [-0.2, 0) is 6.54 Å². The van der Waals surface area contributed by atoms with E-state index in [0.29, 0.717) is 17.4 Å². The summed E-state index contributed by atoms with van der Waals surface area (Å²) >= 11 is 1.79. The molecule has 0 aliphatic rings. The molecule has 0 saturated carbocycles. The Morgan fingerprint density at radius 1 is 1.50 bits per heavy atom. The molecule has 1 atom stereocenters. The topological polar surface area (TPSA) is 55.2 Å². The van der Waals surface area contributed by atoms with Gasteiger partial charge in [0.05, 0.1) is 11.0 Å². The molecule has 0 fully saturated rings. The molecule has 1 rings (SSSR count). The van der Waals surface area contributed by atoms with Gasteiger partial charge in [0.2, 0.25) is 0 Å². The fourth-order valence-electron chi connectivity index (χ4n) is 1.50. The molecule has 4 nitrogen and oxygen atoms in total. The molecule has 0 aromatic heterocycles. The van der Waals surface area contributed by atoms with Crippen molar-refractivity contribution in [3.63, 3.8) is 0 Å². The van der Waals surface area contributed by atoms with Gasteiger partial charge in [-0.15, -0.1) is 0 Å². The van der Waals surface area contributed by atoms with E-state index in [1.54, 1.807) is 11.8 Å². The Kier molecular flexibility index (Phi) is 6.07. The molecule has 6 heteroatoms. The summed E-state index contributed by atoms with van der Waals surface area (Å²) < 4.78 is 13.1. The molecule has 0 heterocycles. The standard InChI is InChI=1S/C12H17FN2O2S/c1-9(18-2)3-4-14-8-10-5-11(13)7-12(6-10)15(16)17/h5-7,9,14H,3-4,8H2,1-2H3. The van der Waals surface area contributed by atoms with Gasteiger partial charge < -0.3 is 5.32 Å². The van der Waals surface area contributed by atoms with Gasteiger partial charge in [-0.25, -0.2) is 4.39 Å². The van der Waals surface area contributed by atoms with Crippen molar-refractivity contribution in [1.82, 2.24) is 5.32 Å². The number of nitrogens with zero attached hydrogens (tertiary/aromatic N) is 1. The minimum absolute atomic E-state index is 0.204. The Hall–Kier alpha value is -1.14. The van der Waals surface area contributed by atoms with Crippen molar-refractivity contribution in [2.75, 3.05) is 12.8 Å². The molecular weight excluding hydrogens is 255 g/mol. The highest BCUT2D eigenvalue weighted by Crippen LogP contribution is 2.16. The van der Waals surface area contributed by atoms with Crippen LogP contribution >= 0.6 is 11.8 Å². The van der Waals surface area contributed by atoms with Crippen LogP contribution in [0, 0.1) is 15.9 Å². The van der Waals surface area contributed by atoms with Crippen LogP contribution in [0.25, 0.3) is 0 Å². The van der Waals surface area contributed by atoms with Crippen molar-refractivity contribution in [3.05, 3.63) is 39.7 Å². The normalized spacial score (nSPS) is 12.4. The van der Waals surface area contributed by atoms with Gasteiger partial charge in [0, 0.05) is 17.9 Å². The number of non-ortho nitro benzene ring substituents is 1. The molecule has 0 aliphatic heterocycles. The summed E-state index contributed by atoms with van der Waals surface area (Å²) in [5.74, 6) is -0.571. The number of nitrogens with one attached hydrogen (secondary N) is 1. The summed E-state index contributed by atoms with van der Waals surface area (Å²) in [7, 11) is 0. The molecule has 0 aliphatic carbocycles. The van der Waals surface area contributed by atoms with E-state index in [1.165, 1.54) is 12.1 Å². The predicted octanol–water partition coefficient (Wildman–Crippen LogP) is 2.97. The van der Waals surface area contributed by atoms with Crippen LogP contribution in [0.15, 0.2) is 18.2 Å². The van der Waals surface area contributed by atoms with E-state index in [9.17, 15) is 14.5 Å². The summed E-state index contributed by atoms with van der Waals surface area (Å²) in [6.07, 6.45) is 3.07. The largest absolute Gasteiger partial charge is 0.313 e. The van der Waals surface area contributed by atoms with Gasteiger partial charge in [-0.2, -0.15) is 11.8 Å². The third kappa shape index (κ3) is 5.01. The third-order valence-corrected chi connectivity index (χ3v) is 3.65. The van der Waals surface area contributed by atoms with Crippen LogP contribution in [0.1, 0.15) is 18.9 Å². The maximum atomic E-state index is 13.1. The number of thioether (sulfide) groups is 1. The lowest BCUT2D eigenvalue weighted by molar-refractivity contribution is -0.385. The molecular formula is C12H17FN2O2S. The first-order valence-electron chi connectivity index (χ1n) is 5.70. The lowest BCUT2D eigenvalue weighted by Crippen LogP contribution is -2.17. The zero-order chi connectivity index (χ0) is 13.5. The fraction of sp³-hybridized carbons (Fsp3) is 0.500. The number of halogens is 1. The van der Waals surface area contributed by atoms with Crippen molar-refractivity contribution in [2.45, 2.75) is 25.1 Å². The van der Waals surface area contributed by atoms with Crippen LogP contribution in [0.4, 0.5) is 10.1 Å². The molecule has 0 bridgehead atoms. The van der Waals surface area contributed by atoms with E-state index < -0.39 is 10.7 Å². The summed E-state index contributed by atoms with van der Waals surface area (Å²) in [6, 6.07) is 3.64. The van der Waals surface area contributed by atoms with Crippen LogP contribution in [-0.4, -0.2) is 23.0 Å². The van der Waals surface area contributed by atoms with E-state index in [-0.39, 0.29) is 5.69 Å². The van der Waals surface area contributed by atoms with Gasteiger partial charge in [-0.1, -0.05) is 6.92 Å². The Labute approximate surface area is 110 Å². The first-order valence-corrected chi connectivity index (χ1v) is 6.99. The summed E-state index contributed by atoms with van der Waals surface area (Å²) in [4.78, 5) is 10.00. The molecule has 1 unspecified atom stereocenters. The van der Waals surface area contributed by atoms with Crippen molar-refractivity contribution in [1.29, 1.82) is 0 Å². The quantitative estimate of drug-likeness (QED) is 0.471. The van der Waals surface area contributed by atoms with Gasteiger partial charge in [0.25, 0.3) is 5.69 Å². The summed E-state index contributed by atoms with van der Waals surface area (Å²) in [5, 5.41) is 14.3. The highest BCUT2D eigenvalue weighted by Gasteiger charge is 2.09. The second-order valence-corrected chi connectivity index (χ2v) is 5.36. The van der Waals surface area contributed by atoms with Crippen LogP contribution in [0.2, 0.25) is 0 Å². The highest BCUT2D eigenvalue weighted by molar-refractivity contribution is 7.99. The van der Waals surface area contributed by atoms with E-state index in [0.717, 1.165) is 19.0 Å². The van der Waals surface area contributed by atoms with Crippen molar-refractivity contribution in [3.8, 4) is 0 Å². The molecule has 0 spiro atoms. The average Bonchev–Trinajstić information content (AvgIpc) is 2.33. The molecule has 0 saturated heterocycles. The predicted molar refractivity (Wildman–Crippen MR) is 72.4 cm³/mol. The number of nitro groups is 1. The fourth-order valence-corrected chi connectivity index (χ4v) is 1.85. The first kappa shape index (κ1) is 14.9. The molecule has 1 aromatic rings. The van der Waals surface area contributed by atoms with E-state index in [1.807, 2.05) is 0 Å². The molecule has 0 amide bonds. The maximum absolute atomic E-state index is 13.1. The van der Waals surface area contributed by atoms with Gasteiger partial charge >= 0.3 is 0 Å². The number of hydrogen-bond donors (Lipinski definition) is 1. The van der Waals surface area contributed by atoms with Gasteiger partial charge in [0.1, 0.15) is 5.82 Å². The monoisotopic (exact) mass is 272 g/mol. The Balaban J connectivity index is 2.49. The minimum Gasteiger partial charge on any atom is -0.313 e. The van der Waals surface area contributed by atoms with Crippen molar-refractivity contribution < 1.29 is 9.31 Å². The lowest BCUT2D eigenvalue weighted by Gasteiger charge is -2.09. The zero-order valence-electron chi connectivity index (χ0n) is 10.5. The minimum atomic E-state index is -0.581. The highest BCUT2D eigenvalue weighted by atomic mass is 32.2. The zero-order valence-corrected chi connectivity index (χ0v) is 11.3. The Morgan fingerprint density at radius 2 is 2.22 bits per heavy atom. The number of benzene rings is 1. The molecule has 100 valence electrons. The van der Waals surface area contributed by atoms with Gasteiger partial charge in [-0.3, -0.25) is 10.1 Å². The van der Waals surface area contributed by atoms with E-state index in [4.69, 9.17) is 0 Å². The smallest absolute Gasteiger partial charge is 0.272 e. The van der Waals surface area contributed by atoms with Crippen molar-refractivity contribution >= 4 is 17.4 Å². The number of rotatable bonds is 7. The van der Waals surface area contributed by atoms with Crippen LogP contribution < -0.4 is 5.32 Å². The summed E-state index contributed by atoms with van der Waals surface area (Å²) in [5.41, 5.74) is 0.391. The number of nitro benzene ring substituents is 1. The maximum Gasteiger partial charge on any atom is 0.272 e. The van der Waals surface area contributed by atoms with Crippen LogP contribution in [0.5, 0.6) is 0 Å². The third-order valence-electron chi connectivity index (χ3n) is 2.61. The molecule has 18 heavy (non-hydrogen) atoms. The Morgan fingerprint density at radius 3 is 2.83 bits per heavy atom. The first-order chi connectivity index (χ1) is 8.52. The summed E-state index contributed by atoms with van der Waals surface area (Å²) in [6.45, 7) is 3.39. The lowest BCUT2D eigenvalue weighted by atomic mass is 10.2. The van der Waals surface area contributed by atoms with Gasteiger partial charge in [-0.05, 0) is 30.9 Å². The molecule has 1 N–H and O–H groups in total.